The third-order valence-electron chi connectivity index (χ3n) is 4.21. The highest BCUT2D eigenvalue weighted by Gasteiger charge is 2.11. The molecule has 162 valence electrons. The third kappa shape index (κ3) is 6.25. The average Bonchev–Trinajstić information content (AvgIpc) is 3.27. The molecule has 3 aromatic carbocycles. The molecule has 32 heavy (non-hydrogen) atoms. The molecule has 0 saturated carbocycles. The van der Waals surface area contributed by atoms with Crippen LogP contribution in [-0.2, 0) is 4.79 Å². The monoisotopic (exact) mass is 480 g/mol. The first-order valence-corrected chi connectivity index (χ1v) is 12.3. The van der Waals surface area contributed by atoms with Gasteiger partial charge in [0, 0.05) is 15.5 Å². The summed E-state index contributed by atoms with van der Waals surface area (Å²) in [5.74, 6) is 0.955. The maximum atomic E-state index is 12.5. The molecule has 0 saturated heterocycles. The summed E-state index contributed by atoms with van der Waals surface area (Å²) in [5, 5.41) is 15.2. The van der Waals surface area contributed by atoms with Crippen LogP contribution >= 0.6 is 34.9 Å². The van der Waals surface area contributed by atoms with Crippen LogP contribution in [0, 0.1) is 0 Å². The highest BCUT2D eigenvalue weighted by Crippen LogP contribution is 2.33. The Labute approximate surface area is 198 Å². The number of hydrogen-bond acceptors (Lipinski definition) is 8. The summed E-state index contributed by atoms with van der Waals surface area (Å²) < 4.78 is 5.89. The second kappa shape index (κ2) is 11.0. The summed E-state index contributed by atoms with van der Waals surface area (Å²) in [5.41, 5.74) is 1.69. The fourth-order valence-corrected chi connectivity index (χ4v) is 5.20. The standard InChI is InChI=1S/C23H20N4O2S3/c1-29-17-13-11-16(12-14-17)24-22-26-27-23(32-22)30-15-21(28)25-19-9-5-6-10-20(19)31-18-7-3-2-4-8-18/h2-14H,15H2,1H3,(H,24,26)(H,25,28). The van der Waals surface area contributed by atoms with E-state index in [1.165, 1.54) is 23.1 Å². The molecule has 4 aromatic rings. The molecule has 1 amide bonds. The number of rotatable bonds is 9. The van der Waals surface area contributed by atoms with Crippen LogP contribution in [0.15, 0.2) is 93.0 Å². The van der Waals surface area contributed by atoms with Crippen LogP contribution < -0.4 is 15.4 Å². The molecule has 0 fully saturated rings. The largest absolute Gasteiger partial charge is 0.497 e. The van der Waals surface area contributed by atoms with Crippen molar-refractivity contribution in [1.29, 1.82) is 0 Å². The molecule has 1 heterocycles. The Morgan fingerprint density at radius 2 is 1.72 bits per heavy atom. The zero-order valence-electron chi connectivity index (χ0n) is 17.1. The van der Waals surface area contributed by atoms with Gasteiger partial charge in [-0.1, -0.05) is 65.2 Å². The van der Waals surface area contributed by atoms with Crippen LogP contribution in [0.4, 0.5) is 16.5 Å². The molecule has 0 aliphatic carbocycles. The first-order chi connectivity index (χ1) is 15.7. The number of benzene rings is 3. The van der Waals surface area contributed by atoms with Crippen LogP contribution in [0.25, 0.3) is 0 Å². The Morgan fingerprint density at radius 1 is 0.969 bits per heavy atom. The van der Waals surface area contributed by atoms with Crippen LogP contribution in [0.5, 0.6) is 5.75 Å². The van der Waals surface area contributed by atoms with Crippen molar-refractivity contribution in [2.75, 3.05) is 23.5 Å². The van der Waals surface area contributed by atoms with E-state index >= 15 is 0 Å². The Morgan fingerprint density at radius 3 is 2.50 bits per heavy atom. The predicted molar refractivity (Wildman–Crippen MR) is 133 cm³/mol. The lowest BCUT2D eigenvalue weighted by Crippen LogP contribution is -2.14. The summed E-state index contributed by atoms with van der Waals surface area (Å²) in [6.07, 6.45) is 0. The first-order valence-electron chi connectivity index (χ1n) is 9.69. The van der Waals surface area contributed by atoms with Gasteiger partial charge in [0.25, 0.3) is 0 Å². The fourth-order valence-electron chi connectivity index (χ4n) is 2.70. The Kier molecular flexibility index (Phi) is 7.65. The van der Waals surface area contributed by atoms with E-state index in [4.69, 9.17) is 4.74 Å². The molecule has 2 N–H and O–H groups in total. The van der Waals surface area contributed by atoms with Crippen molar-refractivity contribution in [1.82, 2.24) is 10.2 Å². The number of amides is 1. The maximum absolute atomic E-state index is 12.5. The molecule has 9 heteroatoms. The molecule has 0 aliphatic heterocycles. The number of aromatic nitrogens is 2. The van der Waals surface area contributed by atoms with E-state index in [1.54, 1.807) is 18.9 Å². The summed E-state index contributed by atoms with van der Waals surface area (Å²) in [6, 6.07) is 25.4. The van der Waals surface area contributed by atoms with Crippen molar-refractivity contribution in [2.24, 2.45) is 0 Å². The second-order valence-electron chi connectivity index (χ2n) is 6.47. The van der Waals surface area contributed by atoms with Crippen molar-refractivity contribution < 1.29 is 9.53 Å². The number of para-hydroxylation sites is 1. The average molecular weight is 481 g/mol. The lowest BCUT2D eigenvalue weighted by atomic mass is 10.3. The summed E-state index contributed by atoms with van der Waals surface area (Å²) in [6.45, 7) is 0. The summed E-state index contributed by atoms with van der Waals surface area (Å²) >= 11 is 4.39. The number of anilines is 3. The molecule has 6 nitrogen and oxygen atoms in total. The first kappa shape index (κ1) is 22.2. The number of ether oxygens (including phenoxy) is 1. The zero-order valence-corrected chi connectivity index (χ0v) is 19.6. The minimum Gasteiger partial charge on any atom is -0.497 e. The highest BCUT2D eigenvalue weighted by atomic mass is 32.2. The van der Waals surface area contributed by atoms with Crippen LogP contribution in [0.1, 0.15) is 0 Å². The van der Waals surface area contributed by atoms with E-state index in [0.717, 1.165) is 31.3 Å². The van der Waals surface area contributed by atoms with Gasteiger partial charge in [-0.2, -0.15) is 0 Å². The highest BCUT2D eigenvalue weighted by molar-refractivity contribution is 8.01. The number of carbonyl (C=O) groups excluding carboxylic acids is 1. The van der Waals surface area contributed by atoms with Gasteiger partial charge in [-0.15, -0.1) is 10.2 Å². The maximum Gasteiger partial charge on any atom is 0.234 e. The molecule has 0 unspecified atom stereocenters. The van der Waals surface area contributed by atoms with Crippen molar-refractivity contribution in [3.05, 3.63) is 78.9 Å². The van der Waals surface area contributed by atoms with Gasteiger partial charge in [0.05, 0.1) is 18.6 Å². The van der Waals surface area contributed by atoms with Crippen molar-refractivity contribution in [3.63, 3.8) is 0 Å². The third-order valence-corrected chi connectivity index (χ3v) is 7.26. The molecule has 0 atom stereocenters. The Bertz CT molecular complexity index is 1170. The number of methoxy groups -OCH3 is 1. The molecule has 4 rings (SSSR count). The van der Waals surface area contributed by atoms with E-state index in [9.17, 15) is 4.79 Å². The quantitative estimate of drug-likeness (QED) is 0.277. The number of nitrogens with one attached hydrogen (secondary N) is 2. The molecule has 0 spiro atoms. The number of carbonyl (C=O) groups is 1. The van der Waals surface area contributed by atoms with Gasteiger partial charge in [-0.25, -0.2) is 0 Å². The van der Waals surface area contributed by atoms with Gasteiger partial charge < -0.3 is 15.4 Å². The molecule has 0 bridgehead atoms. The topological polar surface area (TPSA) is 76.1 Å². The van der Waals surface area contributed by atoms with E-state index in [-0.39, 0.29) is 11.7 Å². The predicted octanol–water partition coefficient (Wildman–Crippen LogP) is 6.17. The molecular formula is C23H20N4O2S3. The van der Waals surface area contributed by atoms with Crippen molar-refractivity contribution >= 4 is 57.3 Å². The molecule has 0 radical (unpaired) electrons. The van der Waals surface area contributed by atoms with E-state index in [0.29, 0.717) is 5.13 Å². The Balaban J connectivity index is 1.31. The minimum atomic E-state index is -0.0871. The van der Waals surface area contributed by atoms with Gasteiger partial charge >= 0.3 is 0 Å². The summed E-state index contributed by atoms with van der Waals surface area (Å²) in [7, 11) is 1.63. The summed E-state index contributed by atoms with van der Waals surface area (Å²) in [4.78, 5) is 14.7. The number of nitrogens with zero attached hydrogens (tertiary/aromatic N) is 2. The van der Waals surface area contributed by atoms with Gasteiger partial charge in [0.15, 0.2) is 4.34 Å². The van der Waals surface area contributed by atoms with Gasteiger partial charge in [-0.3, -0.25) is 4.79 Å². The van der Waals surface area contributed by atoms with Gasteiger partial charge in [0.2, 0.25) is 11.0 Å². The van der Waals surface area contributed by atoms with Crippen molar-refractivity contribution in [2.45, 2.75) is 14.1 Å². The smallest absolute Gasteiger partial charge is 0.234 e. The SMILES string of the molecule is COc1ccc(Nc2nnc(SCC(=O)Nc3ccccc3Sc3ccccc3)s2)cc1. The van der Waals surface area contributed by atoms with Gasteiger partial charge in [-0.05, 0) is 48.5 Å². The molecule has 0 aliphatic rings. The normalized spacial score (nSPS) is 10.5. The van der Waals surface area contributed by atoms with E-state index in [1.807, 2.05) is 78.9 Å². The zero-order chi connectivity index (χ0) is 22.2. The van der Waals surface area contributed by atoms with Crippen molar-refractivity contribution in [3.8, 4) is 5.75 Å². The van der Waals surface area contributed by atoms with Crippen LogP contribution in [0.2, 0.25) is 0 Å². The Hall–Kier alpha value is -3.01. The second-order valence-corrected chi connectivity index (χ2v) is 9.79. The van der Waals surface area contributed by atoms with Crippen LogP contribution in [0.3, 0.4) is 0 Å². The lowest BCUT2D eigenvalue weighted by Gasteiger charge is -2.10. The van der Waals surface area contributed by atoms with E-state index in [2.05, 4.69) is 20.8 Å². The minimum absolute atomic E-state index is 0.0871. The molecular weight excluding hydrogens is 460 g/mol. The van der Waals surface area contributed by atoms with Gasteiger partial charge in [0.1, 0.15) is 5.75 Å². The lowest BCUT2D eigenvalue weighted by molar-refractivity contribution is -0.113. The van der Waals surface area contributed by atoms with Crippen LogP contribution in [-0.4, -0.2) is 29.0 Å². The molecule has 1 aromatic heterocycles. The van der Waals surface area contributed by atoms with E-state index < -0.39 is 0 Å². The number of thioether (sulfide) groups is 1. The number of hydrogen-bond donors (Lipinski definition) is 2. The fraction of sp³-hybridized carbons (Fsp3) is 0.0870.